The van der Waals surface area contributed by atoms with Crippen molar-refractivity contribution in [3.8, 4) is 0 Å². The van der Waals surface area contributed by atoms with E-state index in [4.69, 9.17) is 0 Å². The normalized spacial score (nSPS) is 21.7. The minimum atomic E-state index is 0. The Morgan fingerprint density at radius 2 is 1.25 bits per heavy atom. The van der Waals surface area contributed by atoms with Gasteiger partial charge in [-0.15, -0.1) is 6.92 Å². The molecule has 4 aromatic carbocycles. The van der Waals surface area contributed by atoms with Crippen molar-refractivity contribution in [3.05, 3.63) is 170 Å². The van der Waals surface area contributed by atoms with Crippen LogP contribution in [0.2, 0.25) is 0 Å². The van der Waals surface area contributed by atoms with E-state index in [0.29, 0.717) is 5.92 Å². The third-order valence-corrected chi connectivity index (χ3v) is 17.4. The Morgan fingerprint density at radius 3 is 1.70 bits per heavy atom. The van der Waals surface area contributed by atoms with Crippen LogP contribution < -0.4 is 24.8 Å². The van der Waals surface area contributed by atoms with Gasteiger partial charge < -0.3 is 24.8 Å². The molecule has 1 saturated carbocycles. The number of fused-ring (bicyclic) bond motifs is 6. The van der Waals surface area contributed by atoms with Gasteiger partial charge in [-0.05, 0) is 40.6 Å². The fraction of sp³-hybridized carbons (Fsp3) is 0.456. The summed E-state index contributed by atoms with van der Waals surface area (Å²) in [4.78, 5) is 0. The van der Waals surface area contributed by atoms with Crippen molar-refractivity contribution in [2.45, 2.75) is 141 Å². The molecular formula is C57H72Cl2Zr-2. The monoisotopic (exact) mass is 916 g/mol. The summed E-state index contributed by atoms with van der Waals surface area (Å²) in [5.41, 5.74) is 18.9. The van der Waals surface area contributed by atoms with Crippen LogP contribution in [0.25, 0.3) is 5.57 Å². The van der Waals surface area contributed by atoms with E-state index in [1.54, 1.807) is 28.2 Å². The Hall–Kier alpha value is -2.57. The van der Waals surface area contributed by atoms with Gasteiger partial charge in [-0.1, -0.05) is 127 Å². The number of aryl methyl sites for hydroxylation is 2. The molecule has 60 heavy (non-hydrogen) atoms. The van der Waals surface area contributed by atoms with Crippen LogP contribution in [0.3, 0.4) is 0 Å². The van der Waals surface area contributed by atoms with Gasteiger partial charge in [-0.3, -0.25) is 0 Å². The van der Waals surface area contributed by atoms with Gasteiger partial charge in [0.15, 0.2) is 0 Å². The summed E-state index contributed by atoms with van der Waals surface area (Å²) in [6.07, 6.45) is 8.50. The van der Waals surface area contributed by atoms with E-state index in [9.17, 15) is 0 Å². The molecule has 0 amide bonds. The van der Waals surface area contributed by atoms with Crippen molar-refractivity contribution in [3.63, 3.8) is 0 Å². The van der Waals surface area contributed by atoms with Gasteiger partial charge in [0.05, 0.1) is 0 Å². The maximum absolute atomic E-state index is 2.62. The predicted molar refractivity (Wildman–Crippen MR) is 249 cm³/mol. The topological polar surface area (TPSA) is 0 Å². The van der Waals surface area contributed by atoms with Crippen molar-refractivity contribution in [2.24, 2.45) is 27.6 Å². The van der Waals surface area contributed by atoms with Crippen LogP contribution in [0.5, 0.6) is 0 Å². The van der Waals surface area contributed by atoms with Crippen molar-refractivity contribution in [2.75, 3.05) is 0 Å². The molecule has 4 aromatic rings. The van der Waals surface area contributed by atoms with Gasteiger partial charge in [0.1, 0.15) is 0 Å². The first-order chi connectivity index (χ1) is 26.9. The smallest absolute Gasteiger partial charge is 0.00969 e. The average molecular weight is 919 g/mol. The molecule has 2 unspecified atom stereocenters. The standard InChI is InChI=1S/C29H37.C21H26.C7H9.2ClH.Zr/c1-18-25-22-17-19-13-9-10-14-20(19)24(22)21-15-11-12-16-23(21)29(25,8)28(6,7)27(4,5)26(18,2)3;1-20(2,3)18-11-7-16(8-12-18)15-17-9-13-19(14-10-17)21(4,5)6;1-6-3-4-7(2)5-6;;;/h9-11,13-15,23H,12,16-17H2,1-8H3;7-14H,1-6H3;3-5H,1-2H3;2*1H;/q-1;;-1;;;+2/p-2. The summed E-state index contributed by atoms with van der Waals surface area (Å²) in [6, 6.07) is 33.7. The average Bonchev–Trinajstić information content (AvgIpc) is 3.75. The van der Waals surface area contributed by atoms with Crippen molar-refractivity contribution < 1.29 is 49.0 Å². The number of benzene rings is 3. The van der Waals surface area contributed by atoms with E-state index < -0.39 is 0 Å². The molecule has 4 aliphatic rings. The summed E-state index contributed by atoms with van der Waals surface area (Å²) >= 11 is 1.46. The molecule has 0 aromatic heterocycles. The first-order valence-electron chi connectivity index (χ1n) is 21.9. The molecule has 0 bridgehead atoms. The van der Waals surface area contributed by atoms with Crippen LogP contribution in [0.15, 0.2) is 120 Å². The Morgan fingerprint density at radius 1 is 0.733 bits per heavy atom. The second-order valence-corrected chi connectivity index (χ2v) is 23.0. The molecule has 8 rings (SSSR count). The first-order valence-corrected chi connectivity index (χ1v) is 23.2. The van der Waals surface area contributed by atoms with Crippen LogP contribution >= 0.6 is 0 Å². The van der Waals surface area contributed by atoms with E-state index in [-0.39, 0.29) is 57.3 Å². The van der Waals surface area contributed by atoms with Crippen LogP contribution in [-0.2, 0) is 41.5 Å². The fourth-order valence-electron chi connectivity index (χ4n) is 10.7. The van der Waals surface area contributed by atoms with Gasteiger partial charge in [0.2, 0.25) is 0 Å². The molecule has 1 fully saturated rings. The fourth-order valence-corrected chi connectivity index (χ4v) is 11.5. The second kappa shape index (κ2) is 17.9. The van der Waals surface area contributed by atoms with E-state index in [1.165, 1.54) is 84.8 Å². The molecule has 3 heteroatoms. The Balaban J connectivity index is 0.000000227. The molecular weight excluding hydrogens is 847 g/mol. The summed E-state index contributed by atoms with van der Waals surface area (Å²) in [5, 5.41) is 0. The molecule has 0 nitrogen and oxygen atoms in total. The van der Waals surface area contributed by atoms with Crippen LogP contribution in [0, 0.1) is 47.3 Å². The summed E-state index contributed by atoms with van der Waals surface area (Å²) in [7, 11) is 0. The third-order valence-electron chi connectivity index (χ3n) is 15.9. The summed E-state index contributed by atoms with van der Waals surface area (Å²) in [6.45, 7) is 38.1. The zero-order chi connectivity index (χ0) is 42.8. The van der Waals surface area contributed by atoms with Gasteiger partial charge in [-0.2, -0.15) is 28.8 Å². The summed E-state index contributed by atoms with van der Waals surface area (Å²) in [5.74, 6) is 2.24. The zero-order valence-corrected chi connectivity index (χ0v) is 43.7. The molecule has 0 radical (unpaired) electrons. The van der Waals surface area contributed by atoms with Crippen LogP contribution in [-0.4, -0.2) is 3.21 Å². The molecule has 4 aliphatic carbocycles. The van der Waals surface area contributed by atoms with E-state index in [0.717, 1.165) is 6.42 Å². The molecule has 320 valence electrons. The molecule has 0 heterocycles. The van der Waals surface area contributed by atoms with Crippen molar-refractivity contribution in [1.29, 1.82) is 0 Å². The number of halogens is 2. The second-order valence-electron chi connectivity index (χ2n) is 21.7. The SMILES string of the molecule is CC(C)(C)c1ccc([C](=[Zr+2])c2ccc(C(C)(C)C)cc2)cc1.C[C-]1C2=C3Cc4ccccc4C3=C3C=CCCC3C2(C)C(C)(C)C(C)(C)C1(C)C.Cc1c[cH-]c(C)c1.[Cl-].[Cl-]. The Bertz CT molecular complexity index is 2180. The molecule has 2 atom stereocenters. The number of allylic oxidation sites excluding steroid dienone is 6. The van der Waals surface area contributed by atoms with Gasteiger partial charge in [-0.25, -0.2) is 17.5 Å². The molecule has 0 saturated heterocycles. The number of hydrogen-bond acceptors (Lipinski definition) is 0. The predicted octanol–water partition coefficient (Wildman–Crippen LogP) is 9.39. The summed E-state index contributed by atoms with van der Waals surface area (Å²) < 4.78 is 1.42. The van der Waals surface area contributed by atoms with E-state index >= 15 is 0 Å². The van der Waals surface area contributed by atoms with Gasteiger partial charge in [0.25, 0.3) is 0 Å². The Kier molecular flexibility index (Phi) is 14.9. The maximum atomic E-state index is 2.62. The quantitative estimate of drug-likeness (QED) is 0.176. The minimum absolute atomic E-state index is 0. The number of rotatable bonds is 2. The molecule has 0 spiro atoms. The van der Waals surface area contributed by atoms with E-state index in [1.807, 2.05) is 0 Å². The van der Waals surface area contributed by atoms with Gasteiger partial charge >= 0.3 is 151 Å². The molecule has 0 N–H and O–H groups in total. The minimum Gasteiger partial charge on any atom is -1.00 e. The van der Waals surface area contributed by atoms with Crippen molar-refractivity contribution >= 4 is 8.78 Å². The van der Waals surface area contributed by atoms with Gasteiger partial charge in [0, 0.05) is 0 Å². The van der Waals surface area contributed by atoms with Crippen LogP contribution in [0.1, 0.15) is 154 Å². The van der Waals surface area contributed by atoms with E-state index in [2.05, 4.69) is 214 Å². The third kappa shape index (κ3) is 8.70. The van der Waals surface area contributed by atoms with Crippen LogP contribution in [0.4, 0.5) is 0 Å². The number of hydrogen-bond donors (Lipinski definition) is 0. The van der Waals surface area contributed by atoms with Crippen molar-refractivity contribution in [1.82, 2.24) is 0 Å². The first kappa shape index (κ1) is 50.1. The molecule has 0 aliphatic heterocycles. The zero-order valence-electron chi connectivity index (χ0n) is 39.8. The Labute approximate surface area is 393 Å². The maximum Gasteiger partial charge on any atom is -0.00969 e. The largest absolute Gasteiger partial charge is 1.00 e.